The summed E-state index contributed by atoms with van der Waals surface area (Å²) < 4.78 is 26.5. The van der Waals surface area contributed by atoms with Crippen molar-refractivity contribution in [2.75, 3.05) is 6.54 Å². The summed E-state index contributed by atoms with van der Waals surface area (Å²) in [4.78, 5) is 0.344. The maximum atomic E-state index is 12.0. The molecule has 2 rings (SSSR count). The Hall–Kier alpha value is -0.100. The molecule has 1 saturated carbocycles. The average molecular weight is 339 g/mol. The van der Waals surface area contributed by atoms with Crippen molar-refractivity contribution in [2.24, 2.45) is 5.92 Å². The summed E-state index contributed by atoms with van der Waals surface area (Å²) >= 11 is 9.36. The lowest BCUT2D eigenvalue weighted by atomic mass is 10.3. The molecule has 94 valence electrons. The van der Waals surface area contributed by atoms with Gasteiger partial charge in [0.15, 0.2) is 0 Å². The summed E-state index contributed by atoms with van der Waals surface area (Å²) in [6.45, 7) is 0.401. The van der Waals surface area contributed by atoms with Crippen LogP contribution in [0.1, 0.15) is 12.8 Å². The second-order valence-corrected chi connectivity index (χ2v) is 7.45. The zero-order valence-corrected chi connectivity index (χ0v) is 12.2. The Morgan fingerprint density at radius 3 is 2.65 bits per heavy atom. The number of benzene rings is 1. The van der Waals surface area contributed by atoms with Crippen LogP contribution >= 0.6 is 27.5 Å². The molecule has 1 aromatic rings. The number of rotatable bonds is 5. The predicted molar refractivity (Wildman–Crippen MR) is 72.1 cm³/mol. The zero-order valence-electron chi connectivity index (χ0n) is 9.07. The minimum absolute atomic E-state index is 0.136. The van der Waals surface area contributed by atoms with Crippen molar-refractivity contribution in [3.63, 3.8) is 0 Å². The number of hydrogen-bond acceptors (Lipinski definition) is 2. The van der Waals surface area contributed by atoms with Crippen LogP contribution in [-0.2, 0) is 10.0 Å². The van der Waals surface area contributed by atoms with Crippen LogP contribution in [0.15, 0.2) is 29.2 Å². The molecular weight excluding hydrogens is 326 g/mol. The van der Waals surface area contributed by atoms with Crippen LogP contribution in [0.25, 0.3) is 0 Å². The van der Waals surface area contributed by atoms with Crippen molar-refractivity contribution in [3.8, 4) is 0 Å². The normalized spacial score (nSPS) is 18.0. The summed E-state index contributed by atoms with van der Waals surface area (Å²) in [6, 6.07) is 6.44. The van der Waals surface area contributed by atoms with Gasteiger partial charge in [-0.15, -0.1) is 0 Å². The number of hydrogen-bond donors (Lipinski definition) is 1. The van der Waals surface area contributed by atoms with Crippen LogP contribution in [0.2, 0.25) is 5.02 Å². The fourth-order valence-corrected chi connectivity index (χ4v) is 4.04. The lowest BCUT2D eigenvalue weighted by Crippen LogP contribution is -2.30. The highest BCUT2D eigenvalue weighted by molar-refractivity contribution is 9.09. The Balaban J connectivity index is 2.05. The molecule has 0 spiro atoms. The molecule has 0 aromatic heterocycles. The molecule has 3 nitrogen and oxygen atoms in total. The van der Waals surface area contributed by atoms with Crippen LogP contribution < -0.4 is 4.72 Å². The monoisotopic (exact) mass is 337 g/mol. The third-order valence-corrected chi connectivity index (χ3v) is 5.72. The maximum Gasteiger partial charge on any atom is 0.242 e. The van der Waals surface area contributed by atoms with Gasteiger partial charge in [-0.1, -0.05) is 39.7 Å². The second-order valence-electron chi connectivity index (χ2n) is 4.14. The van der Waals surface area contributed by atoms with E-state index in [2.05, 4.69) is 20.7 Å². The van der Waals surface area contributed by atoms with Gasteiger partial charge in [0.05, 0.1) is 5.02 Å². The third kappa shape index (κ3) is 3.44. The van der Waals surface area contributed by atoms with E-state index in [0.29, 0.717) is 12.5 Å². The van der Waals surface area contributed by atoms with Gasteiger partial charge >= 0.3 is 0 Å². The molecule has 6 heteroatoms. The number of alkyl halides is 1. The summed E-state index contributed by atoms with van der Waals surface area (Å²) in [5.41, 5.74) is 0. The molecule has 0 radical (unpaired) electrons. The first kappa shape index (κ1) is 13.3. The molecule has 1 fully saturated rings. The SMILES string of the molecule is O=S(=O)(NCC(Br)C1CC1)c1ccccc1Cl. The first-order valence-electron chi connectivity index (χ1n) is 5.39. The number of sulfonamides is 1. The van der Waals surface area contributed by atoms with Gasteiger partial charge in [-0.2, -0.15) is 0 Å². The van der Waals surface area contributed by atoms with E-state index in [1.54, 1.807) is 18.2 Å². The van der Waals surface area contributed by atoms with E-state index < -0.39 is 10.0 Å². The van der Waals surface area contributed by atoms with Gasteiger partial charge in [-0.3, -0.25) is 0 Å². The highest BCUT2D eigenvalue weighted by atomic mass is 79.9. The Morgan fingerprint density at radius 1 is 1.41 bits per heavy atom. The fraction of sp³-hybridized carbons (Fsp3) is 0.455. The highest BCUT2D eigenvalue weighted by Crippen LogP contribution is 2.36. The van der Waals surface area contributed by atoms with E-state index in [-0.39, 0.29) is 14.7 Å². The maximum absolute atomic E-state index is 12.0. The molecule has 0 heterocycles. The summed E-state index contributed by atoms with van der Waals surface area (Å²) in [7, 11) is -3.50. The molecule has 1 aromatic carbocycles. The van der Waals surface area contributed by atoms with Crippen molar-refractivity contribution >= 4 is 37.6 Å². The second kappa shape index (κ2) is 5.26. The Labute approximate surface area is 115 Å². The van der Waals surface area contributed by atoms with E-state index in [1.165, 1.54) is 18.9 Å². The van der Waals surface area contributed by atoms with Crippen molar-refractivity contribution < 1.29 is 8.42 Å². The van der Waals surface area contributed by atoms with E-state index in [0.717, 1.165) is 0 Å². The standard InChI is InChI=1S/C11H13BrClNO2S/c12-9(8-5-6-8)7-14-17(15,16)11-4-2-1-3-10(11)13/h1-4,8-9,14H,5-7H2. The first-order chi connectivity index (χ1) is 8.00. The van der Waals surface area contributed by atoms with Gasteiger partial charge in [-0.05, 0) is 30.9 Å². The van der Waals surface area contributed by atoms with Gasteiger partial charge in [0, 0.05) is 11.4 Å². The molecule has 0 saturated heterocycles. The summed E-state index contributed by atoms with van der Waals surface area (Å²) in [5, 5.41) is 0.248. The Morgan fingerprint density at radius 2 is 2.06 bits per heavy atom. The van der Waals surface area contributed by atoms with Crippen LogP contribution in [0.5, 0.6) is 0 Å². The number of nitrogens with one attached hydrogen (secondary N) is 1. The largest absolute Gasteiger partial charge is 0.242 e. The minimum Gasteiger partial charge on any atom is -0.210 e. The van der Waals surface area contributed by atoms with E-state index in [9.17, 15) is 8.42 Å². The average Bonchev–Trinajstić information content (AvgIpc) is 3.10. The van der Waals surface area contributed by atoms with Crippen molar-refractivity contribution in [1.82, 2.24) is 4.72 Å². The molecule has 1 aliphatic carbocycles. The lowest BCUT2D eigenvalue weighted by Gasteiger charge is -2.11. The summed E-state index contributed by atoms with van der Waals surface area (Å²) in [6.07, 6.45) is 2.34. The van der Waals surface area contributed by atoms with Gasteiger partial charge in [0.2, 0.25) is 10.0 Å². The molecule has 1 aliphatic rings. The van der Waals surface area contributed by atoms with E-state index in [4.69, 9.17) is 11.6 Å². The van der Waals surface area contributed by atoms with Crippen molar-refractivity contribution in [1.29, 1.82) is 0 Å². The van der Waals surface area contributed by atoms with E-state index in [1.807, 2.05) is 0 Å². The minimum atomic E-state index is -3.50. The van der Waals surface area contributed by atoms with Gasteiger partial charge in [0.25, 0.3) is 0 Å². The van der Waals surface area contributed by atoms with Gasteiger partial charge < -0.3 is 0 Å². The van der Waals surface area contributed by atoms with Gasteiger partial charge in [0.1, 0.15) is 4.90 Å². The van der Waals surface area contributed by atoms with Crippen LogP contribution in [0.3, 0.4) is 0 Å². The summed E-state index contributed by atoms with van der Waals surface area (Å²) in [5.74, 6) is 0.601. The van der Waals surface area contributed by atoms with Crippen LogP contribution in [0.4, 0.5) is 0 Å². The molecular formula is C11H13BrClNO2S. The first-order valence-corrected chi connectivity index (χ1v) is 8.16. The smallest absolute Gasteiger partial charge is 0.210 e. The molecule has 1 atom stereocenters. The Kier molecular flexibility index (Phi) is 4.13. The third-order valence-electron chi connectivity index (χ3n) is 2.73. The zero-order chi connectivity index (χ0) is 12.5. The number of halogens is 2. The highest BCUT2D eigenvalue weighted by Gasteiger charge is 2.30. The molecule has 17 heavy (non-hydrogen) atoms. The predicted octanol–water partition coefficient (Wildman–Crippen LogP) is 2.79. The fourth-order valence-electron chi connectivity index (χ4n) is 1.55. The quantitative estimate of drug-likeness (QED) is 0.839. The van der Waals surface area contributed by atoms with Gasteiger partial charge in [-0.25, -0.2) is 13.1 Å². The lowest BCUT2D eigenvalue weighted by molar-refractivity contribution is 0.578. The molecule has 0 aliphatic heterocycles. The van der Waals surface area contributed by atoms with Crippen molar-refractivity contribution in [2.45, 2.75) is 22.6 Å². The molecule has 0 bridgehead atoms. The molecule has 1 unspecified atom stereocenters. The molecule has 1 N–H and O–H groups in total. The topological polar surface area (TPSA) is 46.2 Å². The van der Waals surface area contributed by atoms with Crippen LogP contribution in [0, 0.1) is 5.92 Å². The Bertz CT molecular complexity index is 502. The molecule has 0 amide bonds. The van der Waals surface area contributed by atoms with Crippen molar-refractivity contribution in [3.05, 3.63) is 29.3 Å². The van der Waals surface area contributed by atoms with E-state index >= 15 is 0 Å². The van der Waals surface area contributed by atoms with Crippen LogP contribution in [-0.4, -0.2) is 19.8 Å².